The number of carboxylic acid groups (broad SMARTS) is 1. The van der Waals surface area contributed by atoms with Gasteiger partial charge in [0, 0.05) is 24.4 Å². The van der Waals surface area contributed by atoms with E-state index in [2.05, 4.69) is 10.6 Å². The van der Waals surface area contributed by atoms with Gasteiger partial charge in [-0.1, -0.05) is 24.3 Å². The third-order valence-electron chi connectivity index (χ3n) is 5.27. The van der Waals surface area contributed by atoms with E-state index in [1.165, 1.54) is 6.92 Å². The highest BCUT2D eigenvalue weighted by atomic mass is 16.5. The maximum atomic E-state index is 12.8. The van der Waals surface area contributed by atoms with E-state index in [0.717, 1.165) is 5.56 Å². The van der Waals surface area contributed by atoms with Crippen LogP contribution in [0.15, 0.2) is 54.6 Å². The molecule has 7 nitrogen and oxygen atoms in total. The standard InChI is InChI=1S/C22H20N2O5/c1-12(25)23-13-8-10-14(11-9-13)29-22(28)18-7-3-5-16-15-4-2-6-17(15)20(21(26)27)24-19(16)18/h2-5,7-11,15,17,20,24H,6H2,1H3,(H,23,25)(H,26,27). The van der Waals surface area contributed by atoms with E-state index < -0.39 is 18.0 Å². The summed E-state index contributed by atoms with van der Waals surface area (Å²) in [6.45, 7) is 1.41. The number of aliphatic carboxylic acids is 1. The number of hydrogen-bond donors (Lipinski definition) is 3. The number of amides is 1. The van der Waals surface area contributed by atoms with Gasteiger partial charge in [-0.25, -0.2) is 9.59 Å². The number of benzene rings is 2. The van der Waals surface area contributed by atoms with Gasteiger partial charge in [0.1, 0.15) is 11.8 Å². The van der Waals surface area contributed by atoms with E-state index in [1.807, 2.05) is 18.2 Å². The normalized spacial score (nSPS) is 21.5. The lowest BCUT2D eigenvalue weighted by molar-refractivity contribution is -0.139. The fraction of sp³-hybridized carbons (Fsp3) is 0.227. The van der Waals surface area contributed by atoms with Gasteiger partial charge in [-0.2, -0.15) is 0 Å². The average Bonchev–Trinajstić information content (AvgIpc) is 3.18. The van der Waals surface area contributed by atoms with Gasteiger partial charge in [-0.15, -0.1) is 0 Å². The third kappa shape index (κ3) is 3.59. The Bertz CT molecular complexity index is 1010. The van der Waals surface area contributed by atoms with Crippen molar-refractivity contribution in [3.05, 3.63) is 65.7 Å². The van der Waals surface area contributed by atoms with Gasteiger partial charge in [0.15, 0.2) is 0 Å². The largest absolute Gasteiger partial charge is 0.480 e. The second-order valence-electron chi connectivity index (χ2n) is 7.18. The van der Waals surface area contributed by atoms with E-state index in [1.54, 1.807) is 36.4 Å². The van der Waals surface area contributed by atoms with Gasteiger partial charge >= 0.3 is 11.9 Å². The van der Waals surface area contributed by atoms with Crippen molar-refractivity contribution in [2.45, 2.75) is 25.3 Å². The Labute approximate surface area is 167 Å². The first-order valence-electron chi connectivity index (χ1n) is 9.33. The smallest absolute Gasteiger partial charge is 0.345 e. The highest BCUT2D eigenvalue weighted by molar-refractivity contribution is 5.99. The van der Waals surface area contributed by atoms with Crippen LogP contribution in [0.1, 0.15) is 35.2 Å². The molecule has 2 aromatic carbocycles. The number of rotatable bonds is 4. The molecule has 148 valence electrons. The Morgan fingerprint density at radius 1 is 1.14 bits per heavy atom. The molecule has 0 radical (unpaired) electrons. The summed E-state index contributed by atoms with van der Waals surface area (Å²) in [6, 6.07) is 11.0. The number of anilines is 2. The summed E-state index contributed by atoms with van der Waals surface area (Å²) in [6.07, 6.45) is 4.68. The number of carbonyl (C=O) groups is 3. The predicted molar refractivity (Wildman–Crippen MR) is 107 cm³/mol. The minimum absolute atomic E-state index is 0.0444. The topological polar surface area (TPSA) is 105 Å². The summed E-state index contributed by atoms with van der Waals surface area (Å²) < 4.78 is 5.48. The summed E-state index contributed by atoms with van der Waals surface area (Å²) in [5.74, 6) is -1.50. The van der Waals surface area contributed by atoms with Crippen LogP contribution < -0.4 is 15.4 Å². The quantitative estimate of drug-likeness (QED) is 0.418. The molecule has 0 bridgehead atoms. The molecule has 1 amide bonds. The minimum Gasteiger partial charge on any atom is -0.480 e. The highest BCUT2D eigenvalue weighted by Gasteiger charge is 2.42. The van der Waals surface area contributed by atoms with Crippen LogP contribution in [0.5, 0.6) is 5.75 Å². The number of fused-ring (bicyclic) bond motifs is 3. The van der Waals surface area contributed by atoms with Gasteiger partial charge in [0.2, 0.25) is 5.91 Å². The zero-order valence-corrected chi connectivity index (χ0v) is 15.7. The van der Waals surface area contributed by atoms with Crippen LogP contribution in [0.4, 0.5) is 11.4 Å². The predicted octanol–water partition coefficient (Wildman–Crippen LogP) is 3.40. The van der Waals surface area contributed by atoms with E-state index in [-0.39, 0.29) is 17.7 Å². The van der Waals surface area contributed by atoms with E-state index in [4.69, 9.17) is 4.74 Å². The number of para-hydroxylation sites is 1. The van der Waals surface area contributed by atoms with Gasteiger partial charge in [0.05, 0.1) is 11.3 Å². The van der Waals surface area contributed by atoms with Crippen molar-refractivity contribution >= 4 is 29.2 Å². The van der Waals surface area contributed by atoms with Gasteiger partial charge in [-0.3, -0.25) is 4.79 Å². The highest BCUT2D eigenvalue weighted by Crippen LogP contribution is 2.45. The van der Waals surface area contributed by atoms with Gasteiger partial charge in [0.25, 0.3) is 0 Å². The monoisotopic (exact) mass is 392 g/mol. The Kier molecular flexibility index (Phi) is 4.80. The van der Waals surface area contributed by atoms with Crippen LogP contribution in [0.25, 0.3) is 0 Å². The Morgan fingerprint density at radius 2 is 1.90 bits per heavy atom. The number of allylic oxidation sites excluding steroid dienone is 2. The molecular formula is C22H20N2O5. The molecule has 3 N–H and O–H groups in total. The first-order valence-corrected chi connectivity index (χ1v) is 9.33. The number of ether oxygens (including phenoxy) is 1. The maximum absolute atomic E-state index is 12.8. The van der Waals surface area contributed by atoms with E-state index >= 15 is 0 Å². The lowest BCUT2D eigenvalue weighted by Gasteiger charge is -2.35. The summed E-state index contributed by atoms with van der Waals surface area (Å²) in [7, 11) is 0. The molecule has 1 heterocycles. The molecule has 3 atom stereocenters. The van der Waals surface area contributed by atoms with Crippen LogP contribution in [0, 0.1) is 5.92 Å². The maximum Gasteiger partial charge on any atom is 0.345 e. The molecule has 3 unspecified atom stereocenters. The van der Waals surface area contributed by atoms with E-state index in [0.29, 0.717) is 29.1 Å². The van der Waals surface area contributed by atoms with Crippen molar-refractivity contribution in [3.8, 4) is 5.75 Å². The molecule has 0 saturated carbocycles. The summed E-state index contributed by atoms with van der Waals surface area (Å²) in [5.41, 5.74) is 2.29. The zero-order valence-electron chi connectivity index (χ0n) is 15.7. The summed E-state index contributed by atoms with van der Waals surface area (Å²) >= 11 is 0. The molecule has 29 heavy (non-hydrogen) atoms. The molecule has 7 heteroatoms. The number of esters is 1. The second-order valence-corrected chi connectivity index (χ2v) is 7.18. The van der Waals surface area contributed by atoms with Crippen LogP contribution in [0.2, 0.25) is 0 Å². The van der Waals surface area contributed by atoms with E-state index in [9.17, 15) is 19.5 Å². The molecule has 4 rings (SSSR count). The van der Waals surface area contributed by atoms with Crippen LogP contribution >= 0.6 is 0 Å². The van der Waals surface area contributed by atoms with Crippen molar-refractivity contribution in [2.24, 2.45) is 5.92 Å². The fourth-order valence-electron chi connectivity index (χ4n) is 4.01. The summed E-state index contributed by atoms with van der Waals surface area (Å²) in [4.78, 5) is 35.7. The molecule has 0 spiro atoms. The van der Waals surface area contributed by atoms with Crippen molar-refractivity contribution in [1.29, 1.82) is 0 Å². The molecule has 1 aliphatic carbocycles. The molecule has 0 saturated heterocycles. The van der Waals surface area contributed by atoms with Crippen LogP contribution in [0.3, 0.4) is 0 Å². The first kappa shape index (κ1) is 18.7. The number of carbonyl (C=O) groups excluding carboxylic acids is 2. The first-order chi connectivity index (χ1) is 13.9. The summed E-state index contributed by atoms with van der Waals surface area (Å²) in [5, 5.41) is 15.3. The molecule has 0 aromatic heterocycles. The molecule has 0 fully saturated rings. The van der Waals surface area contributed by atoms with Crippen LogP contribution in [-0.2, 0) is 9.59 Å². The molecule has 2 aromatic rings. The second kappa shape index (κ2) is 7.43. The van der Waals surface area contributed by atoms with Crippen molar-refractivity contribution in [1.82, 2.24) is 0 Å². The molecule has 1 aliphatic heterocycles. The van der Waals surface area contributed by atoms with Crippen molar-refractivity contribution in [3.63, 3.8) is 0 Å². The number of nitrogens with one attached hydrogen (secondary N) is 2. The van der Waals surface area contributed by atoms with Crippen LogP contribution in [-0.4, -0.2) is 29.0 Å². The Balaban J connectivity index is 1.60. The Morgan fingerprint density at radius 3 is 2.59 bits per heavy atom. The third-order valence-corrected chi connectivity index (χ3v) is 5.27. The van der Waals surface area contributed by atoms with Crippen molar-refractivity contribution in [2.75, 3.05) is 10.6 Å². The molecular weight excluding hydrogens is 372 g/mol. The Hall–Kier alpha value is -3.61. The average molecular weight is 392 g/mol. The zero-order chi connectivity index (χ0) is 20.5. The lowest BCUT2D eigenvalue weighted by Crippen LogP contribution is -2.42. The van der Waals surface area contributed by atoms with Crippen molar-refractivity contribution < 1.29 is 24.2 Å². The van der Waals surface area contributed by atoms with Gasteiger partial charge in [-0.05, 0) is 42.3 Å². The fourth-order valence-corrected chi connectivity index (χ4v) is 4.01. The SMILES string of the molecule is CC(=O)Nc1ccc(OC(=O)c2cccc3c2NC(C(=O)O)C2CC=CC32)cc1. The minimum atomic E-state index is -0.939. The van der Waals surface area contributed by atoms with Gasteiger partial charge < -0.3 is 20.5 Å². The lowest BCUT2D eigenvalue weighted by atomic mass is 9.78. The number of hydrogen-bond acceptors (Lipinski definition) is 5. The number of carboxylic acids is 1. The molecule has 2 aliphatic rings.